The van der Waals surface area contributed by atoms with E-state index in [-0.39, 0.29) is 5.56 Å². The molecule has 1 unspecified atom stereocenters. The fourth-order valence-electron chi connectivity index (χ4n) is 0.836. The maximum Gasteiger partial charge on any atom is 0.268 e. The summed E-state index contributed by atoms with van der Waals surface area (Å²) in [6, 6.07) is 5.80. The van der Waals surface area contributed by atoms with E-state index in [0.29, 0.717) is 5.02 Å². The first kappa shape index (κ1) is 9.42. The second-order valence-electron chi connectivity index (χ2n) is 2.33. The molecule has 1 aromatic rings. The smallest absolute Gasteiger partial charge is 0.268 e. The number of benzene rings is 1. The maximum absolute atomic E-state index is 12.0. The average Bonchev–Trinajstić information content (AvgIpc) is 2.03. The summed E-state index contributed by atoms with van der Waals surface area (Å²) in [7, 11) is 0. The molecule has 4 heteroatoms. The lowest BCUT2D eigenvalue weighted by Crippen LogP contribution is -2.07. The number of rotatable bonds is 2. The first-order valence-electron chi connectivity index (χ1n) is 3.33. The van der Waals surface area contributed by atoms with Crippen molar-refractivity contribution in [1.29, 1.82) is 0 Å². The topological polar surface area (TPSA) is 20.2 Å². The molecule has 0 saturated heterocycles. The molecule has 1 atom stereocenters. The molecule has 66 valence electrons. The van der Waals surface area contributed by atoms with Gasteiger partial charge in [0.15, 0.2) is 0 Å². The Bertz CT molecular complexity index is 265. The van der Waals surface area contributed by atoms with Crippen molar-refractivity contribution >= 4 is 11.6 Å². The molecule has 0 aromatic heterocycles. The van der Waals surface area contributed by atoms with Gasteiger partial charge in [-0.2, -0.15) is 0 Å². The Morgan fingerprint density at radius 1 is 1.33 bits per heavy atom. The van der Waals surface area contributed by atoms with Gasteiger partial charge >= 0.3 is 0 Å². The Balaban J connectivity index is 2.88. The summed E-state index contributed by atoms with van der Waals surface area (Å²) >= 11 is 5.54. The highest BCUT2D eigenvalue weighted by Gasteiger charge is 2.18. The summed E-state index contributed by atoms with van der Waals surface area (Å²) in [4.78, 5) is 0. The van der Waals surface area contributed by atoms with Gasteiger partial charge in [-0.25, -0.2) is 8.78 Å². The predicted molar refractivity (Wildman–Crippen MR) is 42.4 cm³/mol. The SMILES string of the molecule is OC(c1cccc(Cl)c1)C(F)F. The third-order valence-corrected chi connectivity index (χ3v) is 1.66. The van der Waals surface area contributed by atoms with Crippen LogP contribution in [-0.4, -0.2) is 11.5 Å². The van der Waals surface area contributed by atoms with Gasteiger partial charge in [-0.15, -0.1) is 0 Å². The van der Waals surface area contributed by atoms with Gasteiger partial charge in [0.05, 0.1) is 0 Å². The molecule has 0 aliphatic carbocycles. The second-order valence-corrected chi connectivity index (χ2v) is 2.77. The molecule has 0 heterocycles. The molecule has 1 nitrogen and oxygen atoms in total. The summed E-state index contributed by atoms with van der Waals surface area (Å²) in [6.07, 6.45) is -4.52. The Kier molecular flexibility index (Phi) is 3.00. The molecule has 0 amide bonds. The molecule has 1 rings (SSSR count). The summed E-state index contributed by atoms with van der Waals surface area (Å²) in [5, 5.41) is 9.25. The molecule has 0 bridgehead atoms. The van der Waals surface area contributed by atoms with E-state index < -0.39 is 12.5 Å². The molecule has 0 fully saturated rings. The fourth-order valence-corrected chi connectivity index (χ4v) is 1.03. The quantitative estimate of drug-likeness (QED) is 0.764. The first-order valence-corrected chi connectivity index (χ1v) is 3.70. The molecule has 0 aliphatic heterocycles. The average molecular weight is 193 g/mol. The summed E-state index contributed by atoms with van der Waals surface area (Å²) in [5.41, 5.74) is 0.137. The third kappa shape index (κ3) is 2.16. The van der Waals surface area contributed by atoms with Crippen molar-refractivity contribution in [2.24, 2.45) is 0 Å². The molecule has 0 saturated carbocycles. The minimum Gasteiger partial charge on any atom is -0.382 e. The zero-order chi connectivity index (χ0) is 9.14. The van der Waals surface area contributed by atoms with Crippen LogP contribution in [0.15, 0.2) is 24.3 Å². The van der Waals surface area contributed by atoms with Gasteiger partial charge in [0.25, 0.3) is 6.43 Å². The van der Waals surface area contributed by atoms with Gasteiger partial charge in [-0.3, -0.25) is 0 Å². The zero-order valence-corrected chi connectivity index (χ0v) is 6.80. The summed E-state index contributed by atoms with van der Waals surface area (Å²) < 4.78 is 23.9. The minimum absolute atomic E-state index is 0.137. The van der Waals surface area contributed by atoms with Crippen LogP contribution in [0.5, 0.6) is 0 Å². The third-order valence-electron chi connectivity index (χ3n) is 1.43. The molecule has 12 heavy (non-hydrogen) atoms. The summed E-state index contributed by atoms with van der Waals surface area (Å²) in [6.45, 7) is 0. The van der Waals surface area contributed by atoms with E-state index in [9.17, 15) is 8.78 Å². The van der Waals surface area contributed by atoms with Gasteiger partial charge < -0.3 is 5.11 Å². The van der Waals surface area contributed by atoms with Crippen LogP contribution < -0.4 is 0 Å². The van der Waals surface area contributed by atoms with E-state index in [1.807, 2.05) is 0 Å². The van der Waals surface area contributed by atoms with Gasteiger partial charge in [0, 0.05) is 5.02 Å². The van der Waals surface area contributed by atoms with Crippen molar-refractivity contribution in [3.63, 3.8) is 0 Å². The van der Waals surface area contributed by atoms with Crippen LogP contribution in [0, 0.1) is 0 Å². The number of alkyl halides is 2. The number of halogens is 3. The number of aliphatic hydroxyl groups excluding tert-OH is 1. The van der Waals surface area contributed by atoms with Crippen LogP contribution in [0.3, 0.4) is 0 Å². The lowest BCUT2D eigenvalue weighted by molar-refractivity contribution is -0.00577. The number of aliphatic hydroxyl groups is 1. The Hall–Kier alpha value is -0.670. The van der Waals surface area contributed by atoms with Crippen LogP contribution in [-0.2, 0) is 0 Å². The van der Waals surface area contributed by atoms with Crippen LogP contribution in [0.25, 0.3) is 0 Å². The largest absolute Gasteiger partial charge is 0.382 e. The van der Waals surface area contributed by atoms with Crippen LogP contribution in [0.2, 0.25) is 5.02 Å². The Labute approximate surface area is 73.6 Å². The van der Waals surface area contributed by atoms with Crippen molar-refractivity contribution < 1.29 is 13.9 Å². The van der Waals surface area contributed by atoms with Crippen LogP contribution >= 0.6 is 11.6 Å². The highest BCUT2D eigenvalue weighted by Crippen LogP contribution is 2.22. The first-order chi connectivity index (χ1) is 5.61. The van der Waals surface area contributed by atoms with Gasteiger partial charge in [-0.05, 0) is 17.7 Å². The van der Waals surface area contributed by atoms with E-state index in [2.05, 4.69) is 0 Å². The predicted octanol–water partition coefficient (Wildman–Crippen LogP) is 2.64. The van der Waals surface area contributed by atoms with Gasteiger partial charge in [0.2, 0.25) is 0 Å². The van der Waals surface area contributed by atoms with E-state index in [1.54, 1.807) is 6.07 Å². The molecule has 0 spiro atoms. The van der Waals surface area contributed by atoms with Crippen molar-refractivity contribution in [3.8, 4) is 0 Å². The van der Waals surface area contributed by atoms with Crippen LogP contribution in [0.1, 0.15) is 11.7 Å². The lowest BCUT2D eigenvalue weighted by Gasteiger charge is -2.08. The van der Waals surface area contributed by atoms with Gasteiger partial charge in [-0.1, -0.05) is 23.7 Å². The number of hydrogen-bond donors (Lipinski definition) is 1. The normalized spacial score (nSPS) is 13.4. The fraction of sp³-hybridized carbons (Fsp3) is 0.250. The summed E-state index contributed by atoms with van der Waals surface area (Å²) in [5.74, 6) is 0. The number of hydrogen-bond acceptors (Lipinski definition) is 1. The Morgan fingerprint density at radius 2 is 2.00 bits per heavy atom. The van der Waals surface area contributed by atoms with Crippen molar-refractivity contribution in [3.05, 3.63) is 34.9 Å². The molecule has 1 N–H and O–H groups in total. The highest BCUT2D eigenvalue weighted by molar-refractivity contribution is 6.30. The minimum atomic E-state index is -2.77. The second kappa shape index (κ2) is 3.83. The van der Waals surface area contributed by atoms with Gasteiger partial charge in [0.1, 0.15) is 6.10 Å². The molecule has 1 aromatic carbocycles. The molecule has 0 radical (unpaired) electrons. The standard InChI is InChI=1S/C8H7ClF2O/c9-6-3-1-2-5(4-6)7(12)8(10)11/h1-4,7-8,12H. The van der Waals surface area contributed by atoms with E-state index in [1.165, 1.54) is 18.2 Å². The van der Waals surface area contributed by atoms with Crippen molar-refractivity contribution in [2.45, 2.75) is 12.5 Å². The Morgan fingerprint density at radius 3 is 2.50 bits per heavy atom. The van der Waals surface area contributed by atoms with E-state index in [4.69, 9.17) is 16.7 Å². The molecular formula is C8H7ClF2O. The van der Waals surface area contributed by atoms with Crippen molar-refractivity contribution in [2.75, 3.05) is 0 Å². The maximum atomic E-state index is 12.0. The van der Waals surface area contributed by atoms with E-state index >= 15 is 0 Å². The lowest BCUT2D eigenvalue weighted by atomic mass is 10.1. The van der Waals surface area contributed by atoms with Crippen molar-refractivity contribution in [1.82, 2.24) is 0 Å². The monoisotopic (exact) mass is 192 g/mol. The highest BCUT2D eigenvalue weighted by atomic mass is 35.5. The molecular weight excluding hydrogens is 186 g/mol. The molecule has 0 aliphatic rings. The van der Waals surface area contributed by atoms with Crippen LogP contribution in [0.4, 0.5) is 8.78 Å². The zero-order valence-electron chi connectivity index (χ0n) is 6.05. The van der Waals surface area contributed by atoms with E-state index in [0.717, 1.165) is 0 Å².